The topological polar surface area (TPSA) is 152 Å². The number of rotatable bonds is 9. The first-order valence-corrected chi connectivity index (χ1v) is 13.6. The van der Waals surface area contributed by atoms with E-state index in [2.05, 4.69) is 30.3 Å². The number of nitrogens with one attached hydrogen (secondary N) is 3. The minimum atomic E-state index is -3.80. The van der Waals surface area contributed by atoms with Crippen molar-refractivity contribution in [2.75, 3.05) is 18.4 Å². The van der Waals surface area contributed by atoms with Gasteiger partial charge in [0.05, 0.1) is 15.5 Å². The zero-order valence-corrected chi connectivity index (χ0v) is 21.3. The molecule has 11 nitrogen and oxygen atoms in total. The largest absolute Gasteiger partial charge is 0.439 e. The molecule has 2 amide bonds. The van der Waals surface area contributed by atoms with Crippen LogP contribution in [0.4, 0.5) is 10.7 Å². The second-order valence-electron chi connectivity index (χ2n) is 7.90. The number of hydrogen-bond acceptors (Lipinski definition) is 10. The summed E-state index contributed by atoms with van der Waals surface area (Å²) in [5.41, 5.74) is 0.325. The molecule has 0 unspecified atom stereocenters. The Morgan fingerprint density at radius 2 is 1.84 bits per heavy atom. The van der Waals surface area contributed by atoms with Crippen LogP contribution in [0.15, 0.2) is 82.9 Å². The van der Waals surface area contributed by atoms with E-state index in [1.807, 2.05) is 18.2 Å². The molecule has 0 bridgehead atoms. The Labute approximate surface area is 221 Å². The molecule has 4 aromatic rings. The number of thioether (sulfide) groups is 1. The number of carbonyl (C=O) groups is 2. The highest BCUT2D eigenvalue weighted by atomic mass is 32.2. The molecular formula is C25H20N6O5S2. The lowest BCUT2D eigenvalue weighted by molar-refractivity contribution is -0.115. The van der Waals surface area contributed by atoms with Gasteiger partial charge in [0.15, 0.2) is 0 Å². The number of imide groups is 1. The molecule has 0 saturated carbocycles. The Morgan fingerprint density at radius 3 is 2.63 bits per heavy atom. The zero-order valence-electron chi connectivity index (χ0n) is 19.6. The molecule has 3 heterocycles. The second kappa shape index (κ2) is 11.0. The van der Waals surface area contributed by atoms with Crippen LogP contribution in [0.1, 0.15) is 5.69 Å². The van der Waals surface area contributed by atoms with E-state index in [4.69, 9.17) is 4.74 Å². The molecule has 13 heteroatoms. The van der Waals surface area contributed by atoms with Crippen molar-refractivity contribution in [2.45, 2.75) is 4.90 Å². The Kier molecular flexibility index (Phi) is 7.31. The summed E-state index contributed by atoms with van der Waals surface area (Å²) in [6, 6.07) is 17.1. The normalized spacial score (nSPS) is 14.6. The van der Waals surface area contributed by atoms with Gasteiger partial charge < -0.3 is 10.1 Å². The van der Waals surface area contributed by atoms with Gasteiger partial charge in [0, 0.05) is 42.3 Å². The Morgan fingerprint density at radius 1 is 1.00 bits per heavy atom. The summed E-state index contributed by atoms with van der Waals surface area (Å²) in [6.45, 7) is 0.199. The van der Waals surface area contributed by atoms with E-state index in [1.165, 1.54) is 18.2 Å². The first-order valence-electron chi connectivity index (χ1n) is 11.3. The van der Waals surface area contributed by atoms with Crippen molar-refractivity contribution < 1.29 is 22.7 Å². The van der Waals surface area contributed by atoms with Gasteiger partial charge in [0.1, 0.15) is 5.75 Å². The summed E-state index contributed by atoms with van der Waals surface area (Å²) < 4.78 is 34.3. The number of fused-ring (bicyclic) bond motifs is 1. The van der Waals surface area contributed by atoms with Crippen LogP contribution in [0, 0.1) is 0 Å². The third kappa shape index (κ3) is 5.96. The summed E-state index contributed by atoms with van der Waals surface area (Å²) in [6.07, 6.45) is 4.60. The van der Waals surface area contributed by atoms with Crippen LogP contribution in [0.5, 0.6) is 11.6 Å². The average Bonchev–Trinajstić information content (AvgIpc) is 3.22. The van der Waals surface area contributed by atoms with Crippen LogP contribution in [0.3, 0.4) is 0 Å². The molecule has 1 aliphatic rings. The smallest absolute Gasteiger partial charge is 0.290 e. The number of nitrogens with zero attached hydrogens (tertiary/aromatic N) is 3. The number of anilines is 1. The summed E-state index contributed by atoms with van der Waals surface area (Å²) in [7, 11) is -3.80. The van der Waals surface area contributed by atoms with E-state index in [9.17, 15) is 18.0 Å². The quantitative estimate of drug-likeness (QED) is 0.209. The monoisotopic (exact) mass is 548 g/mol. The Balaban J connectivity index is 1.32. The molecule has 2 aromatic heterocycles. The molecule has 0 radical (unpaired) electrons. The maximum Gasteiger partial charge on any atom is 0.290 e. The van der Waals surface area contributed by atoms with Crippen molar-refractivity contribution >= 4 is 55.7 Å². The van der Waals surface area contributed by atoms with Gasteiger partial charge in [-0.25, -0.2) is 18.1 Å². The van der Waals surface area contributed by atoms with Crippen molar-refractivity contribution in [1.82, 2.24) is 25.0 Å². The molecule has 0 spiro atoms. The van der Waals surface area contributed by atoms with Crippen molar-refractivity contribution in [1.29, 1.82) is 0 Å². The van der Waals surface area contributed by atoms with Gasteiger partial charge in [0.2, 0.25) is 21.9 Å². The van der Waals surface area contributed by atoms with Crippen LogP contribution < -0.4 is 20.1 Å². The molecule has 1 saturated heterocycles. The van der Waals surface area contributed by atoms with Gasteiger partial charge >= 0.3 is 0 Å². The number of aromatic nitrogens is 3. The van der Waals surface area contributed by atoms with Gasteiger partial charge in [-0.1, -0.05) is 30.3 Å². The number of ether oxygens (including phenoxy) is 1. The van der Waals surface area contributed by atoms with E-state index in [-0.39, 0.29) is 34.7 Å². The molecule has 0 atom stereocenters. The lowest BCUT2D eigenvalue weighted by Crippen LogP contribution is -2.29. The molecule has 1 aliphatic heterocycles. The summed E-state index contributed by atoms with van der Waals surface area (Å²) >= 11 is 0.766. The predicted molar refractivity (Wildman–Crippen MR) is 143 cm³/mol. The second-order valence-corrected chi connectivity index (χ2v) is 10.6. The van der Waals surface area contributed by atoms with E-state index in [0.29, 0.717) is 16.8 Å². The summed E-state index contributed by atoms with van der Waals surface area (Å²) in [5, 5.41) is 5.99. The Hall–Kier alpha value is -4.33. The van der Waals surface area contributed by atoms with Crippen molar-refractivity contribution in [3.8, 4) is 11.6 Å². The van der Waals surface area contributed by atoms with Crippen molar-refractivity contribution in [3.63, 3.8) is 0 Å². The number of benzene rings is 2. The highest BCUT2D eigenvalue weighted by Gasteiger charge is 2.25. The van der Waals surface area contributed by atoms with Gasteiger partial charge in [-0.2, -0.15) is 4.98 Å². The fourth-order valence-electron chi connectivity index (χ4n) is 3.58. The first-order chi connectivity index (χ1) is 18.4. The molecule has 0 aliphatic carbocycles. The fourth-order valence-corrected chi connectivity index (χ4v) is 5.50. The first kappa shape index (κ1) is 25.3. The van der Waals surface area contributed by atoms with Crippen molar-refractivity contribution in [2.24, 2.45) is 0 Å². The number of carbonyl (C=O) groups excluding carboxylic acids is 2. The molecule has 192 valence electrons. The molecule has 3 N–H and O–H groups in total. The van der Waals surface area contributed by atoms with Gasteiger partial charge in [-0.15, -0.1) is 0 Å². The van der Waals surface area contributed by atoms with Gasteiger partial charge in [-0.05, 0) is 42.1 Å². The lowest BCUT2D eigenvalue weighted by atomic mass is 10.2. The van der Waals surface area contributed by atoms with E-state index < -0.39 is 21.2 Å². The average molecular weight is 549 g/mol. The predicted octanol–water partition coefficient (Wildman–Crippen LogP) is 3.53. The van der Waals surface area contributed by atoms with Crippen LogP contribution in [0.2, 0.25) is 0 Å². The van der Waals surface area contributed by atoms with Crippen molar-refractivity contribution in [3.05, 3.63) is 83.7 Å². The maximum absolute atomic E-state index is 12.9. The standard InChI is InChI=1S/C25H20N6O5S2/c32-23-20(37-25(33)31-23)13-17-14-22(36-18-6-2-1-3-7-18)30-24(29-17)27-11-12-28-38(34,35)21-8-4-5-16-15-26-10-9-19(16)21/h1-10,13-15,28H,11-12H2,(H,27,29,30)(H,31,32,33)/b20-13+. The number of pyridine rings is 1. The minimum absolute atomic E-state index is 0.0418. The lowest BCUT2D eigenvalue weighted by Gasteiger charge is -2.11. The van der Waals surface area contributed by atoms with E-state index in [0.717, 1.165) is 17.1 Å². The number of hydrogen-bond donors (Lipinski definition) is 3. The SMILES string of the molecule is O=C1NC(=O)/C(=C\c2cc(Oc3ccccc3)nc(NCCNS(=O)(=O)c3cccc4cnccc34)n2)S1. The van der Waals surface area contributed by atoms with Gasteiger partial charge in [-0.3, -0.25) is 19.9 Å². The fraction of sp³-hybridized carbons (Fsp3) is 0.0800. The zero-order chi connectivity index (χ0) is 26.5. The number of para-hydroxylation sites is 1. The van der Waals surface area contributed by atoms with Gasteiger partial charge in [0.25, 0.3) is 11.1 Å². The molecule has 5 rings (SSSR count). The molecular weight excluding hydrogens is 528 g/mol. The molecule has 2 aromatic carbocycles. The minimum Gasteiger partial charge on any atom is -0.439 e. The maximum atomic E-state index is 12.9. The van der Waals surface area contributed by atoms with Crippen LogP contribution >= 0.6 is 11.8 Å². The third-order valence-corrected chi connectivity index (χ3v) is 7.57. The van der Waals surface area contributed by atoms with Crippen LogP contribution in [-0.2, 0) is 14.8 Å². The summed E-state index contributed by atoms with van der Waals surface area (Å²) in [4.78, 5) is 36.6. The molecule has 1 fully saturated rings. The number of amides is 2. The number of sulfonamides is 1. The van der Waals surface area contributed by atoms with E-state index in [1.54, 1.807) is 42.7 Å². The van der Waals surface area contributed by atoms with Crippen LogP contribution in [0.25, 0.3) is 16.8 Å². The van der Waals surface area contributed by atoms with E-state index >= 15 is 0 Å². The highest BCUT2D eigenvalue weighted by molar-refractivity contribution is 8.18. The third-order valence-electron chi connectivity index (χ3n) is 5.24. The molecule has 38 heavy (non-hydrogen) atoms. The Bertz CT molecular complexity index is 1660. The van der Waals surface area contributed by atoms with Crippen LogP contribution in [-0.4, -0.2) is 47.6 Å². The highest BCUT2D eigenvalue weighted by Crippen LogP contribution is 2.27. The summed E-state index contributed by atoms with van der Waals surface area (Å²) in [5.74, 6) is 0.366.